The van der Waals surface area contributed by atoms with Gasteiger partial charge in [0, 0.05) is 50.2 Å². The third-order valence-corrected chi connectivity index (χ3v) is 6.52. The van der Waals surface area contributed by atoms with E-state index in [9.17, 15) is 4.79 Å². The van der Waals surface area contributed by atoms with Gasteiger partial charge >= 0.3 is 0 Å². The number of nitrogens with zero attached hydrogens (tertiary/aromatic N) is 4. The SMILES string of the molecule is Cn1cc(CCCC2CCN(c3ncc(C(=O)NO)cn3)CC2)c2cc3c(cc21)OCO3. The van der Waals surface area contributed by atoms with Crippen molar-refractivity contribution in [2.75, 3.05) is 24.8 Å². The molecule has 3 aromatic rings. The molecule has 1 saturated heterocycles. The lowest BCUT2D eigenvalue weighted by Gasteiger charge is -2.32. The number of benzene rings is 1. The molecule has 1 amide bonds. The molecule has 4 heterocycles. The number of ether oxygens (including phenoxy) is 2. The summed E-state index contributed by atoms with van der Waals surface area (Å²) in [4.78, 5) is 22.1. The van der Waals surface area contributed by atoms with E-state index in [1.165, 1.54) is 35.3 Å². The lowest BCUT2D eigenvalue weighted by molar-refractivity contribution is 0.0705. The molecule has 0 unspecified atom stereocenters. The Morgan fingerprint density at radius 3 is 2.62 bits per heavy atom. The Morgan fingerprint density at radius 2 is 1.91 bits per heavy atom. The van der Waals surface area contributed by atoms with E-state index < -0.39 is 5.91 Å². The first-order valence-corrected chi connectivity index (χ1v) is 11.0. The molecule has 9 nitrogen and oxygen atoms in total. The van der Waals surface area contributed by atoms with E-state index in [-0.39, 0.29) is 5.56 Å². The van der Waals surface area contributed by atoms with E-state index in [1.807, 2.05) is 0 Å². The average molecular weight is 438 g/mol. The van der Waals surface area contributed by atoms with Crippen LogP contribution >= 0.6 is 0 Å². The standard InChI is InChI=1S/C23H27N5O4/c1-27-13-16(18-9-20-21(10-19(18)27)32-14-31-20)4-2-3-15-5-7-28(8-6-15)23-24-11-17(12-25-23)22(29)26-30/h9-13,15,30H,2-8,14H2,1H3,(H,26,29). The van der Waals surface area contributed by atoms with Crippen LogP contribution in [0.25, 0.3) is 10.9 Å². The summed E-state index contributed by atoms with van der Waals surface area (Å²) in [5.74, 6) is 2.39. The number of hydrogen-bond acceptors (Lipinski definition) is 7. The van der Waals surface area contributed by atoms with Crippen LogP contribution in [0.2, 0.25) is 0 Å². The zero-order chi connectivity index (χ0) is 22.1. The fourth-order valence-electron chi connectivity index (χ4n) is 4.72. The van der Waals surface area contributed by atoms with E-state index in [0.29, 0.717) is 18.7 Å². The van der Waals surface area contributed by atoms with Gasteiger partial charge in [-0.25, -0.2) is 15.4 Å². The van der Waals surface area contributed by atoms with E-state index >= 15 is 0 Å². The molecule has 32 heavy (non-hydrogen) atoms. The molecule has 2 N–H and O–H groups in total. The first kappa shape index (κ1) is 20.6. The zero-order valence-electron chi connectivity index (χ0n) is 18.1. The number of anilines is 1. The van der Waals surface area contributed by atoms with Crippen molar-refractivity contribution in [2.45, 2.75) is 32.1 Å². The maximum Gasteiger partial charge on any atom is 0.277 e. The molecule has 168 valence electrons. The van der Waals surface area contributed by atoms with Crippen molar-refractivity contribution in [3.8, 4) is 11.5 Å². The number of carbonyl (C=O) groups excluding carboxylic acids is 1. The van der Waals surface area contributed by atoms with Crippen LogP contribution in [-0.2, 0) is 13.5 Å². The summed E-state index contributed by atoms with van der Waals surface area (Å²) in [6.45, 7) is 2.12. The summed E-state index contributed by atoms with van der Waals surface area (Å²) in [5.41, 5.74) is 4.37. The van der Waals surface area contributed by atoms with Crippen molar-refractivity contribution in [2.24, 2.45) is 13.0 Å². The predicted octanol–water partition coefficient (Wildman–Crippen LogP) is 3.06. The van der Waals surface area contributed by atoms with Crippen molar-refractivity contribution in [1.82, 2.24) is 20.0 Å². The van der Waals surface area contributed by atoms with Gasteiger partial charge in [-0.2, -0.15) is 0 Å². The summed E-state index contributed by atoms with van der Waals surface area (Å²) in [6.07, 6.45) is 10.7. The molecule has 9 heteroatoms. The Balaban J connectivity index is 1.14. The van der Waals surface area contributed by atoms with Gasteiger partial charge in [0.15, 0.2) is 11.5 Å². The summed E-state index contributed by atoms with van der Waals surface area (Å²) in [6, 6.07) is 4.18. The molecule has 0 radical (unpaired) electrons. The fraction of sp³-hybridized carbons (Fsp3) is 0.435. The molecule has 2 aliphatic heterocycles. The van der Waals surface area contributed by atoms with Gasteiger partial charge in [0.1, 0.15) is 0 Å². The number of carbonyl (C=O) groups is 1. The molecular formula is C23H27N5O4. The average Bonchev–Trinajstić information content (AvgIpc) is 3.41. The summed E-state index contributed by atoms with van der Waals surface area (Å²) >= 11 is 0. The van der Waals surface area contributed by atoms with Crippen molar-refractivity contribution in [1.29, 1.82) is 0 Å². The summed E-state index contributed by atoms with van der Waals surface area (Å²) in [7, 11) is 2.08. The van der Waals surface area contributed by atoms with Gasteiger partial charge in [0.25, 0.3) is 5.91 Å². The van der Waals surface area contributed by atoms with Crippen LogP contribution in [0.1, 0.15) is 41.6 Å². The number of nitrogens with one attached hydrogen (secondary N) is 1. The summed E-state index contributed by atoms with van der Waals surface area (Å²) in [5, 5.41) is 9.94. The van der Waals surface area contributed by atoms with E-state index in [4.69, 9.17) is 14.7 Å². The van der Waals surface area contributed by atoms with Crippen molar-refractivity contribution in [3.63, 3.8) is 0 Å². The highest BCUT2D eigenvalue weighted by atomic mass is 16.7. The molecule has 0 atom stereocenters. The second kappa shape index (κ2) is 8.66. The van der Waals surface area contributed by atoms with Gasteiger partial charge in [-0.3, -0.25) is 10.0 Å². The van der Waals surface area contributed by atoms with Crippen LogP contribution < -0.4 is 19.9 Å². The van der Waals surface area contributed by atoms with Gasteiger partial charge in [-0.1, -0.05) is 0 Å². The molecule has 2 aromatic heterocycles. The minimum Gasteiger partial charge on any atom is -0.454 e. The number of piperidine rings is 1. The number of aryl methyl sites for hydroxylation is 2. The maximum atomic E-state index is 11.4. The monoisotopic (exact) mass is 437 g/mol. The highest BCUT2D eigenvalue weighted by Crippen LogP contribution is 2.38. The smallest absolute Gasteiger partial charge is 0.277 e. The molecule has 0 spiro atoms. The van der Waals surface area contributed by atoms with Crippen LogP contribution in [0.5, 0.6) is 11.5 Å². The Bertz CT molecular complexity index is 1120. The minimum atomic E-state index is -0.605. The molecule has 0 saturated carbocycles. The second-order valence-electron chi connectivity index (χ2n) is 8.52. The zero-order valence-corrected chi connectivity index (χ0v) is 18.1. The molecule has 0 aliphatic carbocycles. The number of fused-ring (bicyclic) bond motifs is 2. The highest BCUT2D eigenvalue weighted by molar-refractivity contribution is 5.92. The van der Waals surface area contributed by atoms with E-state index in [0.717, 1.165) is 50.3 Å². The van der Waals surface area contributed by atoms with Gasteiger partial charge < -0.3 is 18.9 Å². The first-order chi connectivity index (χ1) is 15.6. The maximum absolute atomic E-state index is 11.4. The lowest BCUT2D eigenvalue weighted by atomic mass is 9.91. The van der Waals surface area contributed by atoms with E-state index in [2.05, 4.69) is 44.8 Å². The molecule has 1 aromatic carbocycles. The molecule has 1 fully saturated rings. The number of aromatic nitrogens is 3. The van der Waals surface area contributed by atoms with Crippen molar-refractivity contribution < 1.29 is 19.5 Å². The fourth-order valence-corrected chi connectivity index (χ4v) is 4.72. The van der Waals surface area contributed by atoms with Crippen LogP contribution in [0.15, 0.2) is 30.7 Å². The molecule has 5 rings (SSSR count). The molecule has 0 bridgehead atoms. The van der Waals surface area contributed by atoms with Crippen LogP contribution in [0.4, 0.5) is 5.95 Å². The Morgan fingerprint density at radius 1 is 1.19 bits per heavy atom. The Kier molecular flexibility index (Phi) is 5.57. The third-order valence-electron chi connectivity index (χ3n) is 6.52. The molecular weight excluding hydrogens is 410 g/mol. The lowest BCUT2D eigenvalue weighted by Crippen LogP contribution is -2.35. The third kappa shape index (κ3) is 3.95. The Hall–Kier alpha value is -3.33. The quantitative estimate of drug-likeness (QED) is 0.451. The number of hydroxylamine groups is 1. The number of hydrogen-bond donors (Lipinski definition) is 2. The number of amides is 1. The predicted molar refractivity (Wildman–Crippen MR) is 118 cm³/mol. The first-order valence-electron chi connectivity index (χ1n) is 11.0. The normalized spacial score (nSPS) is 16.0. The van der Waals surface area contributed by atoms with Gasteiger partial charge in [-0.15, -0.1) is 0 Å². The minimum absolute atomic E-state index is 0.239. The second-order valence-corrected chi connectivity index (χ2v) is 8.52. The summed E-state index contributed by atoms with van der Waals surface area (Å²) < 4.78 is 13.2. The van der Waals surface area contributed by atoms with Gasteiger partial charge in [0.2, 0.25) is 12.7 Å². The van der Waals surface area contributed by atoms with Gasteiger partial charge in [-0.05, 0) is 49.7 Å². The van der Waals surface area contributed by atoms with Crippen LogP contribution in [0, 0.1) is 5.92 Å². The number of rotatable bonds is 6. The van der Waals surface area contributed by atoms with Crippen molar-refractivity contribution in [3.05, 3.63) is 41.9 Å². The molecule has 2 aliphatic rings. The Labute approximate surface area is 185 Å². The van der Waals surface area contributed by atoms with Crippen LogP contribution in [-0.4, -0.2) is 45.5 Å². The topological polar surface area (TPSA) is 102 Å². The van der Waals surface area contributed by atoms with Crippen LogP contribution in [0.3, 0.4) is 0 Å². The van der Waals surface area contributed by atoms with Crippen molar-refractivity contribution >= 4 is 22.8 Å². The highest BCUT2D eigenvalue weighted by Gasteiger charge is 2.22. The largest absolute Gasteiger partial charge is 0.454 e. The van der Waals surface area contributed by atoms with E-state index in [1.54, 1.807) is 5.48 Å². The van der Waals surface area contributed by atoms with Gasteiger partial charge in [0.05, 0.1) is 11.1 Å².